The highest BCUT2D eigenvalue weighted by Gasteiger charge is 2.22. The third kappa shape index (κ3) is 3.81. The number of aryl methyl sites for hydroxylation is 1. The average molecular weight is 367 g/mol. The fourth-order valence-corrected chi connectivity index (χ4v) is 3.24. The highest BCUT2D eigenvalue weighted by Crippen LogP contribution is 2.24. The maximum Gasteiger partial charge on any atom is 0.273 e. The Labute approximate surface area is 157 Å². The summed E-state index contributed by atoms with van der Waals surface area (Å²) in [6.07, 6.45) is 2.01. The van der Waals surface area contributed by atoms with Gasteiger partial charge in [0.05, 0.1) is 4.92 Å². The van der Waals surface area contributed by atoms with Gasteiger partial charge < -0.3 is 10.2 Å². The minimum atomic E-state index is -0.507. The fourth-order valence-electron chi connectivity index (χ4n) is 3.24. The highest BCUT2D eigenvalue weighted by atomic mass is 16.6. The number of carbonyl (C=O) groups is 2. The Hall–Kier alpha value is -3.22. The molecule has 1 N–H and O–H groups in total. The van der Waals surface area contributed by atoms with E-state index in [1.54, 1.807) is 44.2 Å². The normalized spacial score (nSPS) is 13.5. The lowest BCUT2D eigenvalue weighted by Crippen LogP contribution is -2.28. The van der Waals surface area contributed by atoms with Crippen LogP contribution in [-0.4, -0.2) is 34.7 Å². The second-order valence-corrected chi connectivity index (χ2v) is 6.69. The number of likely N-dealkylation sites (tertiary alicyclic amines) is 1. The molecule has 2 aromatic rings. The summed E-state index contributed by atoms with van der Waals surface area (Å²) in [5.41, 5.74) is 2.36. The Morgan fingerprint density at radius 1 is 1.11 bits per heavy atom. The summed E-state index contributed by atoms with van der Waals surface area (Å²) in [6, 6.07) is 9.56. The van der Waals surface area contributed by atoms with Crippen LogP contribution in [-0.2, 0) is 0 Å². The van der Waals surface area contributed by atoms with Gasteiger partial charge in [0.15, 0.2) is 0 Å². The van der Waals surface area contributed by atoms with E-state index in [0.29, 0.717) is 22.4 Å². The van der Waals surface area contributed by atoms with Crippen molar-refractivity contribution in [3.63, 3.8) is 0 Å². The van der Waals surface area contributed by atoms with Crippen LogP contribution in [0.4, 0.5) is 11.4 Å². The van der Waals surface area contributed by atoms with Gasteiger partial charge in [-0.1, -0.05) is 12.1 Å². The van der Waals surface area contributed by atoms with Crippen molar-refractivity contribution in [3.05, 3.63) is 68.8 Å². The fraction of sp³-hybridized carbons (Fsp3) is 0.300. The predicted octanol–water partition coefficient (Wildman–Crippen LogP) is 3.70. The molecule has 1 aliphatic rings. The van der Waals surface area contributed by atoms with Crippen LogP contribution >= 0.6 is 0 Å². The Bertz CT molecular complexity index is 917. The first-order chi connectivity index (χ1) is 12.9. The zero-order valence-electron chi connectivity index (χ0n) is 15.3. The molecule has 1 saturated heterocycles. The van der Waals surface area contributed by atoms with Gasteiger partial charge in [0.2, 0.25) is 0 Å². The number of nitrogens with zero attached hydrogens (tertiary/aromatic N) is 2. The standard InChI is InChI=1S/C20H21N3O4/c1-13-8-9-15(12-18(13)23(26)27)19(24)21-17-7-5-6-16(14(17)2)20(25)22-10-3-4-11-22/h5-9,12H,3-4,10-11H2,1-2H3,(H,21,24). The summed E-state index contributed by atoms with van der Waals surface area (Å²) in [5.74, 6) is -0.487. The van der Waals surface area contributed by atoms with Gasteiger partial charge in [-0.05, 0) is 50.5 Å². The summed E-state index contributed by atoms with van der Waals surface area (Å²) in [6.45, 7) is 4.91. The van der Waals surface area contributed by atoms with E-state index in [0.717, 1.165) is 25.9 Å². The van der Waals surface area contributed by atoms with Crippen LogP contribution in [0.5, 0.6) is 0 Å². The molecule has 7 nitrogen and oxygen atoms in total. The van der Waals surface area contributed by atoms with Crippen LogP contribution in [0.1, 0.15) is 44.7 Å². The van der Waals surface area contributed by atoms with E-state index in [4.69, 9.17) is 0 Å². The molecule has 0 aromatic heterocycles. The van der Waals surface area contributed by atoms with Crippen molar-refractivity contribution >= 4 is 23.2 Å². The van der Waals surface area contributed by atoms with Gasteiger partial charge >= 0.3 is 0 Å². The van der Waals surface area contributed by atoms with Crippen molar-refractivity contribution in [1.82, 2.24) is 4.90 Å². The lowest BCUT2D eigenvalue weighted by Gasteiger charge is -2.18. The monoisotopic (exact) mass is 367 g/mol. The summed E-state index contributed by atoms with van der Waals surface area (Å²) >= 11 is 0. The van der Waals surface area contributed by atoms with E-state index in [2.05, 4.69) is 5.32 Å². The molecule has 27 heavy (non-hydrogen) atoms. The molecule has 7 heteroatoms. The van der Waals surface area contributed by atoms with E-state index in [1.165, 1.54) is 6.07 Å². The van der Waals surface area contributed by atoms with E-state index in [1.807, 2.05) is 4.90 Å². The second kappa shape index (κ2) is 7.57. The molecule has 1 aliphatic heterocycles. The van der Waals surface area contributed by atoms with E-state index in [-0.39, 0.29) is 17.2 Å². The highest BCUT2D eigenvalue weighted by molar-refractivity contribution is 6.06. The van der Waals surface area contributed by atoms with Crippen LogP contribution < -0.4 is 5.32 Å². The van der Waals surface area contributed by atoms with Gasteiger partial charge in [0.1, 0.15) is 0 Å². The van der Waals surface area contributed by atoms with Crippen LogP contribution in [0.25, 0.3) is 0 Å². The maximum atomic E-state index is 12.7. The summed E-state index contributed by atoms with van der Waals surface area (Å²) in [5, 5.41) is 13.9. The molecule has 0 atom stereocenters. The van der Waals surface area contributed by atoms with Gasteiger partial charge in [-0.25, -0.2) is 0 Å². The number of nitrogens with one attached hydrogen (secondary N) is 1. The first kappa shape index (κ1) is 18.6. The number of rotatable bonds is 4. The molecular formula is C20H21N3O4. The molecular weight excluding hydrogens is 346 g/mol. The molecule has 0 saturated carbocycles. The molecule has 0 aliphatic carbocycles. The van der Waals surface area contributed by atoms with Gasteiger partial charge in [-0.2, -0.15) is 0 Å². The van der Waals surface area contributed by atoms with Crippen molar-refractivity contribution in [2.45, 2.75) is 26.7 Å². The van der Waals surface area contributed by atoms with Crippen molar-refractivity contribution in [1.29, 1.82) is 0 Å². The van der Waals surface area contributed by atoms with E-state index >= 15 is 0 Å². The van der Waals surface area contributed by atoms with E-state index in [9.17, 15) is 19.7 Å². The van der Waals surface area contributed by atoms with Crippen LogP contribution in [0.2, 0.25) is 0 Å². The van der Waals surface area contributed by atoms with Crippen molar-refractivity contribution in [3.8, 4) is 0 Å². The minimum Gasteiger partial charge on any atom is -0.339 e. The Morgan fingerprint density at radius 3 is 2.48 bits per heavy atom. The topological polar surface area (TPSA) is 92.6 Å². The predicted molar refractivity (Wildman–Crippen MR) is 102 cm³/mol. The average Bonchev–Trinajstić information content (AvgIpc) is 3.17. The first-order valence-electron chi connectivity index (χ1n) is 8.84. The number of benzene rings is 2. The number of hydrogen-bond acceptors (Lipinski definition) is 4. The Kier molecular flexibility index (Phi) is 5.21. The quantitative estimate of drug-likeness (QED) is 0.659. The van der Waals surface area contributed by atoms with Gasteiger partial charge in [0, 0.05) is 41.5 Å². The van der Waals surface area contributed by atoms with Crippen LogP contribution in [0.15, 0.2) is 36.4 Å². The summed E-state index contributed by atoms with van der Waals surface area (Å²) < 4.78 is 0. The zero-order valence-corrected chi connectivity index (χ0v) is 15.3. The maximum absolute atomic E-state index is 12.7. The molecule has 0 radical (unpaired) electrons. The summed E-state index contributed by atoms with van der Waals surface area (Å²) in [4.78, 5) is 37.6. The zero-order chi connectivity index (χ0) is 19.6. The smallest absolute Gasteiger partial charge is 0.273 e. The minimum absolute atomic E-state index is 0.0351. The molecule has 140 valence electrons. The largest absolute Gasteiger partial charge is 0.339 e. The molecule has 0 spiro atoms. The van der Waals surface area contributed by atoms with Gasteiger partial charge in [-0.3, -0.25) is 19.7 Å². The van der Waals surface area contributed by atoms with Gasteiger partial charge in [0.25, 0.3) is 17.5 Å². The molecule has 0 unspecified atom stereocenters. The SMILES string of the molecule is Cc1ccc(C(=O)Nc2cccc(C(=O)N3CCCC3)c2C)cc1[N+](=O)[O-]. The molecule has 2 amide bonds. The van der Waals surface area contributed by atoms with E-state index < -0.39 is 10.8 Å². The van der Waals surface area contributed by atoms with Crippen molar-refractivity contribution in [2.24, 2.45) is 0 Å². The van der Waals surface area contributed by atoms with Gasteiger partial charge in [-0.15, -0.1) is 0 Å². The number of hydrogen-bond donors (Lipinski definition) is 1. The molecule has 3 rings (SSSR count). The molecule has 0 bridgehead atoms. The molecule has 1 fully saturated rings. The van der Waals surface area contributed by atoms with Crippen molar-refractivity contribution < 1.29 is 14.5 Å². The van der Waals surface area contributed by atoms with Crippen molar-refractivity contribution in [2.75, 3.05) is 18.4 Å². The number of carbonyl (C=O) groups excluding carboxylic acids is 2. The lowest BCUT2D eigenvalue weighted by molar-refractivity contribution is -0.385. The second-order valence-electron chi connectivity index (χ2n) is 6.69. The third-order valence-corrected chi connectivity index (χ3v) is 4.87. The summed E-state index contributed by atoms with van der Waals surface area (Å²) in [7, 11) is 0. The van der Waals surface area contributed by atoms with Crippen LogP contribution in [0.3, 0.4) is 0 Å². The Balaban J connectivity index is 1.84. The Morgan fingerprint density at radius 2 is 1.81 bits per heavy atom. The number of nitro benzene ring substituents is 1. The number of amides is 2. The number of nitro groups is 1. The van der Waals surface area contributed by atoms with Crippen LogP contribution in [0, 0.1) is 24.0 Å². The molecule has 2 aromatic carbocycles. The third-order valence-electron chi connectivity index (χ3n) is 4.87. The molecule has 1 heterocycles. The number of anilines is 1. The first-order valence-corrected chi connectivity index (χ1v) is 8.84. The lowest BCUT2D eigenvalue weighted by atomic mass is 10.0.